The second kappa shape index (κ2) is 6.16. The number of benzene rings is 1. The normalized spacial score (nSPS) is 10.9. The maximum atomic E-state index is 12.7. The molecule has 0 fully saturated rings. The number of hydrogen-bond acceptors (Lipinski definition) is 5. The highest BCUT2D eigenvalue weighted by atomic mass is 16.5. The first-order chi connectivity index (χ1) is 11.2. The molecule has 3 rings (SSSR count). The topological polar surface area (TPSA) is 66.5 Å². The lowest BCUT2D eigenvalue weighted by atomic mass is 10.1. The third kappa shape index (κ3) is 2.67. The Morgan fingerprint density at radius 1 is 1.17 bits per heavy atom. The summed E-state index contributed by atoms with van der Waals surface area (Å²) in [7, 11) is 3.13. The van der Waals surface area contributed by atoms with Crippen molar-refractivity contribution in [3.05, 3.63) is 52.3 Å². The maximum Gasteiger partial charge on any atom is 0.258 e. The van der Waals surface area contributed by atoms with Crippen LogP contribution in [-0.2, 0) is 13.0 Å². The summed E-state index contributed by atoms with van der Waals surface area (Å²) < 4.78 is 17.5. The van der Waals surface area contributed by atoms with Gasteiger partial charge in [-0.1, -0.05) is 12.1 Å². The number of nitrogens with zero attached hydrogens (tertiary/aromatic N) is 2. The summed E-state index contributed by atoms with van der Waals surface area (Å²) in [6.45, 7) is 2.35. The Morgan fingerprint density at radius 3 is 2.65 bits per heavy atom. The fourth-order valence-corrected chi connectivity index (χ4v) is 2.58. The van der Waals surface area contributed by atoms with Crippen LogP contribution >= 0.6 is 0 Å². The van der Waals surface area contributed by atoms with Gasteiger partial charge in [-0.05, 0) is 24.6 Å². The lowest BCUT2D eigenvalue weighted by molar-refractivity contribution is 0.358. The first-order valence-electron chi connectivity index (χ1n) is 7.36. The van der Waals surface area contributed by atoms with E-state index in [1.165, 1.54) is 0 Å². The van der Waals surface area contributed by atoms with Gasteiger partial charge in [0.05, 0.1) is 31.8 Å². The number of aryl methyl sites for hydroxylation is 1. The second-order valence-corrected chi connectivity index (χ2v) is 5.15. The molecular formula is C17H18N2O4. The van der Waals surface area contributed by atoms with E-state index in [4.69, 9.17) is 14.0 Å². The first-order valence-corrected chi connectivity index (χ1v) is 7.36. The Morgan fingerprint density at radius 2 is 2.00 bits per heavy atom. The Balaban J connectivity index is 2.07. The largest absolute Gasteiger partial charge is 0.493 e. The smallest absolute Gasteiger partial charge is 0.258 e. The summed E-state index contributed by atoms with van der Waals surface area (Å²) in [5.41, 5.74) is 0.762. The fraction of sp³-hybridized carbons (Fsp3) is 0.294. The number of ether oxygens (including phenoxy) is 2. The third-order valence-corrected chi connectivity index (χ3v) is 3.79. The molecule has 0 N–H and O–H groups in total. The standard InChI is InChI=1S/C17H18N2O4/c1-4-11-9-12(23-18-11)10-19-8-7-13-14(17(19)20)5-6-15(21-2)16(13)22-3/h5-9H,4,10H2,1-3H3. The summed E-state index contributed by atoms with van der Waals surface area (Å²) in [5, 5.41) is 5.24. The molecule has 2 aromatic heterocycles. The molecule has 0 aliphatic rings. The van der Waals surface area contributed by atoms with Crippen molar-refractivity contribution in [1.82, 2.24) is 9.72 Å². The van der Waals surface area contributed by atoms with Gasteiger partial charge in [-0.25, -0.2) is 0 Å². The van der Waals surface area contributed by atoms with Crippen molar-refractivity contribution < 1.29 is 14.0 Å². The van der Waals surface area contributed by atoms with Crippen molar-refractivity contribution in [1.29, 1.82) is 0 Å². The number of rotatable bonds is 5. The summed E-state index contributed by atoms with van der Waals surface area (Å²) in [5.74, 6) is 1.81. The minimum absolute atomic E-state index is 0.113. The van der Waals surface area contributed by atoms with E-state index in [9.17, 15) is 4.79 Å². The molecule has 0 saturated heterocycles. The van der Waals surface area contributed by atoms with Crippen LogP contribution in [0, 0.1) is 0 Å². The quantitative estimate of drug-likeness (QED) is 0.724. The van der Waals surface area contributed by atoms with E-state index in [-0.39, 0.29) is 5.56 Å². The van der Waals surface area contributed by atoms with Crippen LogP contribution in [0.4, 0.5) is 0 Å². The van der Waals surface area contributed by atoms with E-state index >= 15 is 0 Å². The third-order valence-electron chi connectivity index (χ3n) is 3.79. The maximum absolute atomic E-state index is 12.7. The van der Waals surface area contributed by atoms with Gasteiger partial charge >= 0.3 is 0 Å². The van der Waals surface area contributed by atoms with Crippen LogP contribution in [0.3, 0.4) is 0 Å². The van der Waals surface area contributed by atoms with Crippen LogP contribution in [0.2, 0.25) is 0 Å². The molecule has 0 bridgehead atoms. The minimum atomic E-state index is -0.113. The van der Waals surface area contributed by atoms with Gasteiger partial charge in [-0.15, -0.1) is 0 Å². The van der Waals surface area contributed by atoms with E-state index in [0.717, 1.165) is 17.5 Å². The average molecular weight is 314 g/mol. The molecule has 1 aromatic carbocycles. The van der Waals surface area contributed by atoms with Gasteiger partial charge in [0.1, 0.15) is 0 Å². The van der Waals surface area contributed by atoms with Gasteiger partial charge in [-0.3, -0.25) is 4.79 Å². The van der Waals surface area contributed by atoms with Crippen LogP contribution in [0.15, 0.2) is 39.8 Å². The van der Waals surface area contributed by atoms with Gasteiger partial charge in [-0.2, -0.15) is 0 Å². The molecule has 0 saturated carbocycles. The number of pyridine rings is 1. The van der Waals surface area contributed by atoms with Gasteiger partial charge in [0.25, 0.3) is 5.56 Å². The van der Waals surface area contributed by atoms with Crippen molar-refractivity contribution in [3.63, 3.8) is 0 Å². The van der Waals surface area contributed by atoms with Crippen molar-refractivity contribution in [2.75, 3.05) is 14.2 Å². The van der Waals surface area contributed by atoms with Gasteiger partial charge < -0.3 is 18.6 Å². The zero-order valence-corrected chi connectivity index (χ0v) is 13.3. The highest BCUT2D eigenvalue weighted by molar-refractivity contribution is 5.90. The lowest BCUT2D eigenvalue weighted by Gasteiger charge is -2.11. The highest BCUT2D eigenvalue weighted by Crippen LogP contribution is 2.33. The Labute approximate surface area is 133 Å². The molecule has 0 atom stereocenters. The lowest BCUT2D eigenvalue weighted by Crippen LogP contribution is -2.20. The van der Waals surface area contributed by atoms with Crippen LogP contribution < -0.4 is 15.0 Å². The number of fused-ring (bicyclic) bond motifs is 1. The molecule has 0 aliphatic heterocycles. The molecule has 2 heterocycles. The molecule has 0 aliphatic carbocycles. The van der Waals surface area contributed by atoms with Crippen molar-refractivity contribution in [2.24, 2.45) is 0 Å². The Hall–Kier alpha value is -2.76. The SMILES string of the molecule is CCc1cc(Cn2ccc3c(OC)c(OC)ccc3c2=O)on1. The second-order valence-electron chi connectivity index (χ2n) is 5.15. The van der Waals surface area contributed by atoms with Crippen molar-refractivity contribution in [2.45, 2.75) is 19.9 Å². The van der Waals surface area contributed by atoms with Gasteiger partial charge in [0.15, 0.2) is 17.3 Å². The van der Waals surface area contributed by atoms with Gasteiger partial charge in [0.2, 0.25) is 0 Å². The van der Waals surface area contributed by atoms with E-state index in [0.29, 0.717) is 29.2 Å². The zero-order valence-electron chi connectivity index (χ0n) is 13.3. The number of methoxy groups -OCH3 is 2. The molecule has 0 unspecified atom stereocenters. The average Bonchev–Trinajstić information content (AvgIpc) is 3.04. The molecule has 0 amide bonds. The monoisotopic (exact) mass is 314 g/mol. The summed E-state index contributed by atoms with van der Waals surface area (Å²) >= 11 is 0. The molecule has 6 heteroatoms. The Kier molecular flexibility index (Phi) is 4.06. The van der Waals surface area contributed by atoms with Crippen LogP contribution in [0.1, 0.15) is 18.4 Å². The molecule has 6 nitrogen and oxygen atoms in total. The van der Waals surface area contributed by atoms with Crippen LogP contribution in [0.5, 0.6) is 11.5 Å². The summed E-state index contributed by atoms with van der Waals surface area (Å²) in [6, 6.07) is 7.18. The fourth-order valence-electron chi connectivity index (χ4n) is 2.58. The number of hydrogen-bond donors (Lipinski definition) is 0. The summed E-state index contributed by atoms with van der Waals surface area (Å²) in [6.07, 6.45) is 2.52. The van der Waals surface area contributed by atoms with Crippen LogP contribution in [-0.4, -0.2) is 23.9 Å². The predicted molar refractivity (Wildman–Crippen MR) is 86.3 cm³/mol. The van der Waals surface area contributed by atoms with E-state index in [1.807, 2.05) is 19.1 Å². The van der Waals surface area contributed by atoms with Crippen LogP contribution in [0.25, 0.3) is 10.8 Å². The van der Waals surface area contributed by atoms with E-state index in [1.54, 1.807) is 37.1 Å². The first kappa shape index (κ1) is 15.1. The predicted octanol–water partition coefficient (Wildman–Crippen LogP) is 2.62. The molecule has 23 heavy (non-hydrogen) atoms. The highest BCUT2D eigenvalue weighted by Gasteiger charge is 2.13. The number of aromatic nitrogens is 2. The van der Waals surface area contributed by atoms with E-state index < -0.39 is 0 Å². The zero-order chi connectivity index (χ0) is 16.4. The molecule has 0 spiro atoms. The molecule has 120 valence electrons. The van der Waals surface area contributed by atoms with E-state index in [2.05, 4.69) is 5.16 Å². The minimum Gasteiger partial charge on any atom is -0.493 e. The van der Waals surface area contributed by atoms with Crippen molar-refractivity contribution >= 4 is 10.8 Å². The molecular weight excluding hydrogens is 296 g/mol. The molecule has 3 aromatic rings. The molecule has 0 radical (unpaired) electrons. The summed E-state index contributed by atoms with van der Waals surface area (Å²) in [4.78, 5) is 12.7. The Bertz CT molecular complexity index is 895. The van der Waals surface area contributed by atoms with Crippen molar-refractivity contribution in [3.8, 4) is 11.5 Å². The van der Waals surface area contributed by atoms with Gasteiger partial charge in [0, 0.05) is 17.6 Å².